The third-order valence-electron chi connectivity index (χ3n) is 3.21. The number of aromatic nitrogens is 2. The first-order valence-electron chi connectivity index (χ1n) is 7.79. The van der Waals surface area contributed by atoms with Crippen LogP contribution in [-0.4, -0.2) is 9.97 Å². The number of hydrogen-bond donors (Lipinski definition) is 0. The summed E-state index contributed by atoms with van der Waals surface area (Å²) in [5.41, 5.74) is 2.35. The fourth-order valence-corrected chi connectivity index (χ4v) is 1.98. The molecule has 21 heavy (non-hydrogen) atoms. The molecule has 0 unspecified atom stereocenters. The molecular formula is C19H26N2. The first kappa shape index (κ1) is 17.1. The van der Waals surface area contributed by atoms with Crippen molar-refractivity contribution >= 4 is 0 Å². The van der Waals surface area contributed by atoms with Gasteiger partial charge >= 0.3 is 0 Å². The highest BCUT2D eigenvalue weighted by atomic mass is 14.6. The van der Waals surface area contributed by atoms with Gasteiger partial charge in [0.1, 0.15) is 0 Å². The molecule has 0 fully saturated rings. The van der Waals surface area contributed by atoms with Crippen LogP contribution in [0, 0.1) is 0 Å². The summed E-state index contributed by atoms with van der Waals surface area (Å²) < 4.78 is 0. The van der Waals surface area contributed by atoms with Crippen LogP contribution < -0.4 is 0 Å². The van der Waals surface area contributed by atoms with Crippen molar-refractivity contribution in [3.8, 4) is 11.1 Å². The summed E-state index contributed by atoms with van der Waals surface area (Å²) in [6.45, 7) is 5.92. The van der Waals surface area contributed by atoms with Gasteiger partial charge in [0.05, 0.1) is 0 Å². The summed E-state index contributed by atoms with van der Waals surface area (Å²) in [6.07, 6.45) is 17.2. The van der Waals surface area contributed by atoms with Gasteiger partial charge in [0.2, 0.25) is 0 Å². The largest absolute Gasteiger partial charge is 0.265 e. The molecule has 0 aromatic carbocycles. The van der Waals surface area contributed by atoms with E-state index < -0.39 is 0 Å². The zero-order valence-electron chi connectivity index (χ0n) is 13.0. The Kier molecular flexibility index (Phi) is 9.63. The minimum atomic E-state index is 1.17. The highest BCUT2D eigenvalue weighted by molar-refractivity contribution is 5.61. The highest BCUT2D eigenvalue weighted by Crippen LogP contribution is 2.15. The minimum Gasteiger partial charge on any atom is -0.265 e. The normalized spacial score (nSPS) is 9.57. The maximum Gasteiger partial charge on any atom is 0.0273 e. The van der Waals surface area contributed by atoms with Crippen LogP contribution in [0.3, 0.4) is 0 Å². The lowest BCUT2D eigenvalue weighted by Crippen LogP contribution is -1.77. The lowest BCUT2D eigenvalue weighted by Gasteiger charge is -1.97. The first-order valence-corrected chi connectivity index (χ1v) is 7.79. The molecule has 0 aliphatic carbocycles. The van der Waals surface area contributed by atoms with Gasteiger partial charge in [-0.05, 0) is 48.2 Å². The molecule has 0 radical (unpaired) electrons. The summed E-state index contributed by atoms with van der Waals surface area (Å²) in [5, 5.41) is 0. The molecule has 2 heterocycles. The Hall–Kier alpha value is -1.96. The molecule has 0 atom stereocenters. The van der Waals surface area contributed by atoms with Gasteiger partial charge in [-0.3, -0.25) is 9.97 Å². The van der Waals surface area contributed by atoms with Crippen LogP contribution in [-0.2, 0) is 0 Å². The second kappa shape index (κ2) is 11.8. The van der Waals surface area contributed by atoms with Gasteiger partial charge in [-0.2, -0.15) is 0 Å². The Morgan fingerprint density at radius 2 is 1.29 bits per heavy atom. The highest BCUT2D eigenvalue weighted by Gasteiger charge is 1.92. The van der Waals surface area contributed by atoms with E-state index in [4.69, 9.17) is 0 Å². The van der Waals surface area contributed by atoms with Crippen molar-refractivity contribution in [2.24, 2.45) is 0 Å². The second-order valence-corrected chi connectivity index (χ2v) is 4.96. The lowest BCUT2D eigenvalue weighted by atomic mass is 10.1. The van der Waals surface area contributed by atoms with Crippen LogP contribution in [0.5, 0.6) is 0 Å². The SMILES string of the molecule is C=CCCCCCCC.c1cc(-c2ccncc2)ccn1. The van der Waals surface area contributed by atoms with E-state index in [1.807, 2.05) is 30.3 Å². The molecule has 2 aromatic rings. The van der Waals surface area contributed by atoms with Gasteiger partial charge in [0.15, 0.2) is 0 Å². The van der Waals surface area contributed by atoms with Crippen LogP contribution in [0.15, 0.2) is 61.7 Å². The molecule has 0 saturated heterocycles. The molecule has 0 saturated carbocycles. The molecule has 0 aliphatic rings. The standard InChI is InChI=1S/C10H8N2.C9H18/c1-5-11-6-2-9(1)10-3-7-12-8-4-10;1-3-5-7-9-8-6-4-2/h1-8H;3H,1,4-9H2,2H3. The number of pyridine rings is 2. The Balaban J connectivity index is 0.000000222. The van der Waals surface area contributed by atoms with Crippen molar-refractivity contribution in [2.45, 2.75) is 45.4 Å². The predicted octanol–water partition coefficient (Wildman–Crippen LogP) is 5.68. The van der Waals surface area contributed by atoms with Gasteiger partial charge in [-0.25, -0.2) is 0 Å². The van der Waals surface area contributed by atoms with Gasteiger partial charge in [0.25, 0.3) is 0 Å². The summed E-state index contributed by atoms with van der Waals surface area (Å²) in [5.74, 6) is 0. The van der Waals surface area contributed by atoms with E-state index in [1.54, 1.807) is 24.8 Å². The van der Waals surface area contributed by atoms with Crippen LogP contribution in [0.1, 0.15) is 45.4 Å². The maximum absolute atomic E-state index is 3.96. The monoisotopic (exact) mass is 282 g/mol. The Bertz CT molecular complexity index is 428. The fourth-order valence-electron chi connectivity index (χ4n) is 1.98. The van der Waals surface area contributed by atoms with Crippen LogP contribution in [0.25, 0.3) is 11.1 Å². The van der Waals surface area contributed by atoms with E-state index in [0.29, 0.717) is 0 Å². The van der Waals surface area contributed by atoms with Crippen molar-refractivity contribution in [2.75, 3.05) is 0 Å². The molecule has 2 rings (SSSR count). The second-order valence-electron chi connectivity index (χ2n) is 4.96. The number of nitrogens with zero attached hydrogens (tertiary/aromatic N) is 2. The molecule has 0 amide bonds. The topological polar surface area (TPSA) is 25.8 Å². The van der Waals surface area contributed by atoms with Crippen molar-refractivity contribution in [3.63, 3.8) is 0 Å². The molecule has 0 aliphatic heterocycles. The summed E-state index contributed by atoms with van der Waals surface area (Å²) in [7, 11) is 0. The molecular weight excluding hydrogens is 256 g/mol. The molecule has 0 spiro atoms. The van der Waals surface area contributed by atoms with Crippen molar-refractivity contribution < 1.29 is 0 Å². The third kappa shape index (κ3) is 8.03. The van der Waals surface area contributed by atoms with E-state index in [0.717, 1.165) is 0 Å². The first-order chi connectivity index (χ1) is 10.4. The summed E-state index contributed by atoms with van der Waals surface area (Å²) >= 11 is 0. The zero-order chi connectivity index (χ0) is 15.2. The average Bonchev–Trinajstić information content (AvgIpc) is 2.57. The summed E-state index contributed by atoms with van der Waals surface area (Å²) in [4.78, 5) is 7.91. The molecule has 2 nitrogen and oxygen atoms in total. The molecule has 0 N–H and O–H groups in total. The average molecular weight is 282 g/mol. The molecule has 2 aromatic heterocycles. The number of allylic oxidation sites excluding steroid dienone is 1. The van der Waals surface area contributed by atoms with Gasteiger partial charge in [-0.15, -0.1) is 6.58 Å². The molecule has 0 bridgehead atoms. The van der Waals surface area contributed by atoms with Crippen molar-refractivity contribution in [3.05, 3.63) is 61.7 Å². The smallest absolute Gasteiger partial charge is 0.0273 e. The predicted molar refractivity (Wildman–Crippen MR) is 91.0 cm³/mol. The van der Waals surface area contributed by atoms with E-state index >= 15 is 0 Å². The minimum absolute atomic E-state index is 1.17. The van der Waals surface area contributed by atoms with Crippen LogP contribution >= 0.6 is 0 Å². The summed E-state index contributed by atoms with van der Waals surface area (Å²) in [6, 6.07) is 7.93. The number of hydrogen-bond acceptors (Lipinski definition) is 2. The van der Waals surface area contributed by atoms with Crippen LogP contribution in [0.2, 0.25) is 0 Å². The maximum atomic E-state index is 3.96. The third-order valence-corrected chi connectivity index (χ3v) is 3.21. The van der Waals surface area contributed by atoms with E-state index in [9.17, 15) is 0 Å². The van der Waals surface area contributed by atoms with Gasteiger partial charge in [0, 0.05) is 24.8 Å². The molecule has 2 heteroatoms. The Labute approximate surface area is 129 Å². The van der Waals surface area contributed by atoms with E-state index in [-0.39, 0.29) is 0 Å². The Morgan fingerprint density at radius 3 is 1.71 bits per heavy atom. The zero-order valence-corrected chi connectivity index (χ0v) is 13.0. The molecule has 112 valence electrons. The van der Waals surface area contributed by atoms with Crippen molar-refractivity contribution in [1.82, 2.24) is 9.97 Å². The van der Waals surface area contributed by atoms with Gasteiger partial charge in [-0.1, -0.05) is 38.7 Å². The lowest BCUT2D eigenvalue weighted by molar-refractivity contribution is 0.638. The van der Waals surface area contributed by atoms with E-state index in [2.05, 4.69) is 23.5 Å². The quantitative estimate of drug-likeness (QED) is 0.482. The van der Waals surface area contributed by atoms with Crippen molar-refractivity contribution in [1.29, 1.82) is 0 Å². The fraction of sp³-hybridized carbons (Fsp3) is 0.368. The van der Waals surface area contributed by atoms with Gasteiger partial charge < -0.3 is 0 Å². The van der Waals surface area contributed by atoms with Crippen LogP contribution in [0.4, 0.5) is 0 Å². The van der Waals surface area contributed by atoms with E-state index in [1.165, 1.54) is 49.7 Å². The Morgan fingerprint density at radius 1 is 0.810 bits per heavy atom. The number of unbranched alkanes of at least 4 members (excludes halogenated alkanes) is 5. The number of rotatable bonds is 7.